The first-order chi connectivity index (χ1) is 15.8. The number of benzene rings is 3. The van der Waals surface area contributed by atoms with Gasteiger partial charge in [-0.05, 0) is 143 Å². The van der Waals surface area contributed by atoms with Crippen LogP contribution in [0.15, 0.2) is 69.8 Å². The zero-order valence-corrected chi connectivity index (χ0v) is 25.1. The summed E-state index contributed by atoms with van der Waals surface area (Å²) in [6, 6.07) is 17.6. The van der Waals surface area contributed by atoms with Gasteiger partial charge in [0.2, 0.25) is 5.90 Å². The largest absolute Gasteiger partial charge is 0.493 e. The van der Waals surface area contributed by atoms with Crippen molar-refractivity contribution in [2.75, 3.05) is 7.11 Å². The molecule has 0 saturated heterocycles. The molecule has 9 heteroatoms. The Balaban J connectivity index is 1.59. The minimum atomic E-state index is -0.493. The number of rotatable bonds is 6. The summed E-state index contributed by atoms with van der Waals surface area (Å²) < 4.78 is 21.0. The lowest BCUT2D eigenvalue weighted by Crippen LogP contribution is -2.05. The van der Waals surface area contributed by atoms with E-state index in [0.717, 1.165) is 31.9 Å². The van der Waals surface area contributed by atoms with E-state index >= 15 is 0 Å². The van der Waals surface area contributed by atoms with Crippen LogP contribution >= 0.6 is 83.7 Å². The molecule has 3 aromatic carbocycles. The highest BCUT2D eigenvalue weighted by atomic mass is 127. The SMILES string of the molecule is COc1cc(/C=C2\N=C(c3ccc(I)c(Br)c3)OC2=O)cc(I)c1OCc1cccc(I)c1. The summed E-state index contributed by atoms with van der Waals surface area (Å²) in [5.41, 5.74) is 2.79. The molecule has 0 atom stereocenters. The number of methoxy groups -OCH3 is 1. The number of cyclic esters (lactones) is 1. The molecule has 0 aromatic heterocycles. The van der Waals surface area contributed by atoms with Crippen molar-refractivity contribution >= 4 is 102 Å². The van der Waals surface area contributed by atoms with Crippen molar-refractivity contribution in [2.24, 2.45) is 4.99 Å². The van der Waals surface area contributed by atoms with Gasteiger partial charge in [-0.3, -0.25) is 0 Å². The van der Waals surface area contributed by atoms with E-state index in [1.165, 1.54) is 0 Å². The van der Waals surface area contributed by atoms with Gasteiger partial charge in [0, 0.05) is 17.2 Å². The maximum Gasteiger partial charge on any atom is 0.363 e. The molecular formula is C24H15BrI3NO4. The molecule has 4 rings (SSSR count). The summed E-state index contributed by atoms with van der Waals surface area (Å²) in [4.78, 5) is 16.8. The summed E-state index contributed by atoms with van der Waals surface area (Å²) in [5.74, 6) is 1.02. The van der Waals surface area contributed by atoms with E-state index in [-0.39, 0.29) is 11.6 Å². The van der Waals surface area contributed by atoms with E-state index in [4.69, 9.17) is 14.2 Å². The van der Waals surface area contributed by atoms with Gasteiger partial charge in [0.1, 0.15) is 6.61 Å². The van der Waals surface area contributed by atoms with Crippen LogP contribution in [0.1, 0.15) is 16.7 Å². The Hall–Kier alpha value is -1.19. The van der Waals surface area contributed by atoms with Crippen LogP contribution in [0.5, 0.6) is 11.5 Å². The molecule has 0 aliphatic carbocycles. The first-order valence-electron chi connectivity index (χ1n) is 9.57. The van der Waals surface area contributed by atoms with E-state index in [0.29, 0.717) is 18.1 Å². The molecule has 1 aliphatic heterocycles. The fourth-order valence-electron chi connectivity index (χ4n) is 3.07. The van der Waals surface area contributed by atoms with E-state index in [9.17, 15) is 4.79 Å². The van der Waals surface area contributed by atoms with Gasteiger partial charge in [-0.25, -0.2) is 9.79 Å². The quantitative estimate of drug-likeness (QED) is 0.150. The zero-order chi connectivity index (χ0) is 23.5. The Kier molecular flexibility index (Phi) is 8.33. The molecule has 0 N–H and O–H groups in total. The number of halogens is 4. The molecule has 1 aliphatic rings. The van der Waals surface area contributed by atoms with Crippen LogP contribution in [0, 0.1) is 10.7 Å². The highest BCUT2D eigenvalue weighted by molar-refractivity contribution is 14.1. The highest BCUT2D eigenvalue weighted by Crippen LogP contribution is 2.36. The number of hydrogen-bond donors (Lipinski definition) is 0. The van der Waals surface area contributed by atoms with Gasteiger partial charge >= 0.3 is 5.97 Å². The molecule has 0 spiro atoms. The normalized spacial score (nSPS) is 14.3. The minimum absolute atomic E-state index is 0.227. The Labute approximate surface area is 240 Å². The lowest BCUT2D eigenvalue weighted by Gasteiger charge is -2.14. The minimum Gasteiger partial charge on any atom is -0.493 e. The van der Waals surface area contributed by atoms with Crippen molar-refractivity contribution in [3.8, 4) is 11.5 Å². The summed E-state index contributed by atoms with van der Waals surface area (Å²) in [6.07, 6.45) is 1.69. The van der Waals surface area contributed by atoms with Gasteiger partial charge in [0.15, 0.2) is 17.2 Å². The maximum atomic E-state index is 12.4. The second kappa shape index (κ2) is 11.0. The van der Waals surface area contributed by atoms with Gasteiger partial charge in [0.25, 0.3) is 0 Å². The van der Waals surface area contributed by atoms with Crippen molar-refractivity contribution in [1.29, 1.82) is 0 Å². The van der Waals surface area contributed by atoms with Crippen LogP contribution in [0.2, 0.25) is 0 Å². The van der Waals surface area contributed by atoms with Crippen LogP contribution in [0.4, 0.5) is 0 Å². The van der Waals surface area contributed by atoms with Crippen LogP contribution in [-0.2, 0) is 16.1 Å². The Morgan fingerprint density at radius 2 is 1.88 bits per heavy atom. The van der Waals surface area contributed by atoms with E-state index in [1.54, 1.807) is 13.2 Å². The second-order valence-corrected chi connectivity index (χ2v) is 11.3. The molecule has 1 heterocycles. The number of hydrogen-bond acceptors (Lipinski definition) is 5. The lowest BCUT2D eigenvalue weighted by molar-refractivity contribution is -0.129. The van der Waals surface area contributed by atoms with E-state index < -0.39 is 5.97 Å². The standard InChI is InChI=1S/C24H15BrI3NO4/c1-31-21-10-14(8-19(28)22(21)32-12-13-3-2-4-16(26)7-13)9-20-24(30)33-23(29-20)15-5-6-18(27)17(25)11-15/h2-11H,12H2,1H3/b20-9-. The van der Waals surface area contributed by atoms with Crippen LogP contribution in [0.25, 0.3) is 6.08 Å². The molecule has 0 amide bonds. The number of nitrogens with zero attached hydrogens (tertiary/aromatic N) is 1. The number of ether oxygens (including phenoxy) is 3. The van der Waals surface area contributed by atoms with Gasteiger partial charge in [-0.1, -0.05) is 12.1 Å². The molecule has 0 unspecified atom stereocenters. The summed E-state index contributed by atoms with van der Waals surface area (Å²) >= 11 is 10.2. The van der Waals surface area contributed by atoms with Gasteiger partial charge in [0.05, 0.1) is 10.7 Å². The molecule has 3 aromatic rings. The third kappa shape index (κ3) is 6.09. The fraction of sp³-hybridized carbons (Fsp3) is 0.0833. The first-order valence-corrected chi connectivity index (χ1v) is 13.6. The fourth-order valence-corrected chi connectivity index (χ4v) is 5.17. The third-order valence-corrected chi connectivity index (χ3v) is 8.42. The Morgan fingerprint density at radius 3 is 2.61 bits per heavy atom. The topological polar surface area (TPSA) is 57.1 Å². The average molecular weight is 842 g/mol. The molecule has 33 heavy (non-hydrogen) atoms. The number of carbonyl (C=O) groups excluding carboxylic acids is 1. The maximum absolute atomic E-state index is 12.4. The van der Waals surface area contributed by atoms with Gasteiger partial charge < -0.3 is 14.2 Å². The zero-order valence-electron chi connectivity index (χ0n) is 17.1. The lowest BCUT2D eigenvalue weighted by atomic mass is 10.1. The molecule has 0 saturated carbocycles. The molecule has 0 bridgehead atoms. The first kappa shape index (κ1) is 24.9. The number of esters is 1. The predicted molar refractivity (Wildman–Crippen MR) is 157 cm³/mol. The van der Waals surface area contributed by atoms with Gasteiger partial charge in [-0.15, -0.1) is 0 Å². The molecule has 0 radical (unpaired) electrons. The molecule has 5 nitrogen and oxygen atoms in total. The summed E-state index contributed by atoms with van der Waals surface area (Å²) in [6.45, 7) is 0.426. The van der Waals surface area contributed by atoms with Gasteiger partial charge in [-0.2, -0.15) is 0 Å². The molecular weight excluding hydrogens is 827 g/mol. The number of carbonyl (C=O) groups is 1. The van der Waals surface area contributed by atoms with Crippen molar-refractivity contribution in [3.63, 3.8) is 0 Å². The Morgan fingerprint density at radius 1 is 1.06 bits per heavy atom. The van der Waals surface area contributed by atoms with Crippen LogP contribution in [-0.4, -0.2) is 19.0 Å². The second-order valence-electron chi connectivity index (χ2n) is 6.92. The monoisotopic (exact) mass is 841 g/mol. The van der Waals surface area contributed by atoms with Crippen molar-refractivity contribution < 1.29 is 19.0 Å². The predicted octanol–water partition coefficient (Wildman–Crippen LogP) is 7.20. The van der Waals surface area contributed by atoms with E-state index in [1.807, 2.05) is 48.5 Å². The average Bonchev–Trinajstić information content (AvgIpc) is 3.14. The highest BCUT2D eigenvalue weighted by Gasteiger charge is 2.25. The van der Waals surface area contributed by atoms with Crippen LogP contribution in [0.3, 0.4) is 0 Å². The summed E-state index contributed by atoms with van der Waals surface area (Å²) in [7, 11) is 1.59. The van der Waals surface area contributed by atoms with Crippen LogP contribution < -0.4 is 9.47 Å². The summed E-state index contributed by atoms with van der Waals surface area (Å²) in [5, 5.41) is 0. The third-order valence-electron chi connectivity index (χ3n) is 4.61. The molecule has 0 fully saturated rings. The van der Waals surface area contributed by atoms with E-state index in [2.05, 4.69) is 94.8 Å². The smallest absolute Gasteiger partial charge is 0.363 e. The molecule has 168 valence electrons. The number of aliphatic imine (C=N–C) groups is 1. The van der Waals surface area contributed by atoms with Crippen molar-refractivity contribution in [3.05, 3.63) is 92.2 Å². The Bertz CT molecular complexity index is 1310. The van der Waals surface area contributed by atoms with Crippen molar-refractivity contribution in [1.82, 2.24) is 0 Å². The van der Waals surface area contributed by atoms with Crippen molar-refractivity contribution in [2.45, 2.75) is 6.61 Å².